The minimum Gasteiger partial charge on any atom is -0.392 e. The predicted molar refractivity (Wildman–Crippen MR) is 67.2 cm³/mol. The smallest absolute Gasteiger partial charge is 0.225 e. The summed E-state index contributed by atoms with van der Waals surface area (Å²) in [6.45, 7) is 3.91. The summed E-state index contributed by atoms with van der Waals surface area (Å²) in [5, 5.41) is 0. The fourth-order valence-corrected chi connectivity index (χ4v) is 2.03. The van der Waals surface area contributed by atoms with Crippen LogP contribution in [0.15, 0.2) is 0 Å². The van der Waals surface area contributed by atoms with Gasteiger partial charge in [-0.05, 0) is 19.3 Å². The molecular formula is C11H20N2O2S. The van der Waals surface area contributed by atoms with Gasteiger partial charge in [0.05, 0.1) is 24.1 Å². The van der Waals surface area contributed by atoms with Crippen LogP contribution in [0.4, 0.5) is 0 Å². The Morgan fingerprint density at radius 1 is 1.62 bits per heavy atom. The quantitative estimate of drug-likeness (QED) is 0.710. The second kappa shape index (κ2) is 6.81. The molecule has 16 heavy (non-hydrogen) atoms. The minimum absolute atomic E-state index is 0.0956. The van der Waals surface area contributed by atoms with Crippen LogP contribution in [0.2, 0.25) is 0 Å². The number of nitrogens with two attached hydrogens (primary N) is 1. The molecule has 0 spiro atoms. The topological polar surface area (TPSA) is 55.6 Å². The highest BCUT2D eigenvalue weighted by Crippen LogP contribution is 2.16. The number of ether oxygens (including phenoxy) is 1. The van der Waals surface area contributed by atoms with E-state index in [0.717, 1.165) is 25.9 Å². The van der Waals surface area contributed by atoms with Crippen LogP contribution in [0.25, 0.3) is 0 Å². The van der Waals surface area contributed by atoms with E-state index in [1.165, 1.54) is 0 Å². The summed E-state index contributed by atoms with van der Waals surface area (Å²) in [6.07, 6.45) is 3.51. The number of amides is 1. The normalized spacial score (nSPS) is 19.7. The van der Waals surface area contributed by atoms with E-state index < -0.39 is 0 Å². The van der Waals surface area contributed by atoms with Gasteiger partial charge in [0.25, 0.3) is 0 Å². The van der Waals surface area contributed by atoms with Crippen molar-refractivity contribution in [1.29, 1.82) is 0 Å². The molecular weight excluding hydrogens is 224 g/mol. The van der Waals surface area contributed by atoms with Gasteiger partial charge in [-0.15, -0.1) is 0 Å². The van der Waals surface area contributed by atoms with E-state index in [-0.39, 0.29) is 12.0 Å². The first-order valence-corrected chi connectivity index (χ1v) is 6.22. The number of hydrogen-bond donors (Lipinski definition) is 1. The molecule has 4 nitrogen and oxygen atoms in total. The standard InChI is InChI=1S/C11H20N2O2S/c1-2-5-13(8-10(12)16)11(14)7-9-4-3-6-15-9/h9H,2-8H2,1H3,(H2,12,16). The molecule has 0 radical (unpaired) electrons. The first kappa shape index (κ1) is 13.4. The summed E-state index contributed by atoms with van der Waals surface area (Å²) in [6, 6.07) is 0. The van der Waals surface area contributed by atoms with Gasteiger partial charge in [-0.25, -0.2) is 0 Å². The largest absolute Gasteiger partial charge is 0.392 e. The lowest BCUT2D eigenvalue weighted by atomic mass is 10.1. The molecule has 1 unspecified atom stereocenters. The average Bonchev–Trinajstić information content (AvgIpc) is 2.69. The van der Waals surface area contributed by atoms with Crippen LogP contribution < -0.4 is 5.73 Å². The molecule has 1 heterocycles. The lowest BCUT2D eigenvalue weighted by molar-refractivity contribution is -0.132. The molecule has 92 valence electrons. The first-order chi connectivity index (χ1) is 7.63. The van der Waals surface area contributed by atoms with E-state index in [4.69, 9.17) is 22.7 Å². The number of thiocarbonyl (C=S) groups is 1. The Morgan fingerprint density at radius 2 is 2.38 bits per heavy atom. The molecule has 2 N–H and O–H groups in total. The van der Waals surface area contributed by atoms with Gasteiger partial charge in [-0.2, -0.15) is 0 Å². The summed E-state index contributed by atoms with van der Waals surface area (Å²) >= 11 is 4.84. The molecule has 0 aromatic rings. The first-order valence-electron chi connectivity index (χ1n) is 5.81. The average molecular weight is 244 g/mol. The zero-order valence-corrected chi connectivity index (χ0v) is 10.6. The van der Waals surface area contributed by atoms with E-state index in [2.05, 4.69) is 0 Å². The minimum atomic E-state index is 0.0956. The van der Waals surface area contributed by atoms with Gasteiger partial charge in [0.2, 0.25) is 5.91 Å². The zero-order chi connectivity index (χ0) is 12.0. The van der Waals surface area contributed by atoms with Gasteiger partial charge in [0, 0.05) is 13.2 Å². The molecule has 1 aliphatic rings. The van der Waals surface area contributed by atoms with Crippen molar-refractivity contribution in [3.63, 3.8) is 0 Å². The van der Waals surface area contributed by atoms with Gasteiger partial charge in [-0.1, -0.05) is 19.1 Å². The molecule has 0 aromatic carbocycles. The maximum Gasteiger partial charge on any atom is 0.225 e. The third-order valence-corrected chi connectivity index (χ3v) is 2.75. The second-order valence-corrected chi connectivity index (χ2v) is 4.65. The van der Waals surface area contributed by atoms with Crippen molar-refractivity contribution in [3.05, 3.63) is 0 Å². The molecule has 1 fully saturated rings. The monoisotopic (exact) mass is 244 g/mol. The maximum absolute atomic E-state index is 12.0. The molecule has 0 aromatic heterocycles. The van der Waals surface area contributed by atoms with Crippen LogP contribution in [0.1, 0.15) is 32.6 Å². The number of nitrogens with zero attached hydrogens (tertiary/aromatic N) is 1. The van der Waals surface area contributed by atoms with Gasteiger partial charge >= 0.3 is 0 Å². The van der Waals surface area contributed by atoms with E-state index in [9.17, 15) is 4.79 Å². The summed E-state index contributed by atoms with van der Waals surface area (Å²) in [7, 11) is 0. The Kier molecular flexibility index (Phi) is 5.69. The van der Waals surface area contributed by atoms with Crippen LogP contribution in [0, 0.1) is 0 Å². The Hall–Kier alpha value is -0.680. The molecule has 1 aliphatic heterocycles. The summed E-state index contributed by atoms with van der Waals surface area (Å²) < 4.78 is 5.45. The van der Waals surface area contributed by atoms with E-state index in [1.54, 1.807) is 4.90 Å². The van der Waals surface area contributed by atoms with Crippen LogP contribution in [0.5, 0.6) is 0 Å². The van der Waals surface area contributed by atoms with Crippen molar-refractivity contribution in [2.24, 2.45) is 5.73 Å². The SMILES string of the molecule is CCCN(CC(N)=S)C(=O)CC1CCCO1. The molecule has 5 heteroatoms. The number of carbonyl (C=O) groups excluding carboxylic acids is 1. The molecule has 1 saturated heterocycles. The Morgan fingerprint density at radius 3 is 2.88 bits per heavy atom. The summed E-state index contributed by atoms with van der Waals surface area (Å²) in [5.41, 5.74) is 5.48. The zero-order valence-electron chi connectivity index (χ0n) is 9.78. The van der Waals surface area contributed by atoms with E-state index in [1.807, 2.05) is 6.92 Å². The van der Waals surface area contributed by atoms with Gasteiger partial charge in [-0.3, -0.25) is 4.79 Å². The third kappa shape index (κ3) is 4.45. The number of carbonyl (C=O) groups is 1. The highest BCUT2D eigenvalue weighted by molar-refractivity contribution is 7.80. The van der Waals surface area contributed by atoms with Crippen molar-refractivity contribution in [2.45, 2.75) is 38.7 Å². The molecule has 1 amide bonds. The van der Waals surface area contributed by atoms with Crippen molar-refractivity contribution in [2.75, 3.05) is 19.7 Å². The Balaban J connectivity index is 2.42. The highest BCUT2D eigenvalue weighted by Gasteiger charge is 2.22. The van der Waals surface area contributed by atoms with E-state index in [0.29, 0.717) is 24.5 Å². The fraction of sp³-hybridized carbons (Fsp3) is 0.818. The Labute approximate surface area is 102 Å². The Bertz CT molecular complexity index is 252. The number of hydrogen-bond acceptors (Lipinski definition) is 3. The van der Waals surface area contributed by atoms with Crippen LogP contribution in [0.3, 0.4) is 0 Å². The third-order valence-electron chi connectivity index (χ3n) is 2.62. The lowest BCUT2D eigenvalue weighted by Crippen LogP contribution is -2.39. The molecule has 0 saturated carbocycles. The van der Waals surface area contributed by atoms with Gasteiger partial charge in [0.15, 0.2) is 0 Å². The number of rotatable bonds is 6. The highest BCUT2D eigenvalue weighted by atomic mass is 32.1. The molecule has 0 bridgehead atoms. The molecule has 0 aliphatic carbocycles. The van der Waals surface area contributed by atoms with Crippen LogP contribution >= 0.6 is 12.2 Å². The summed E-state index contributed by atoms with van der Waals surface area (Å²) in [4.78, 5) is 14.1. The van der Waals surface area contributed by atoms with Crippen LogP contribution in [-0.2, 0) is 9.53 Å². The van der Waals surface area contributed by atoms with Crippen LogP contribution in [-0.4, -0.2) is 41.6 Å². The molecule has 1 atom stereocenters. The van der Waals surface area contributed by atoms with Crippen molar-refractivity contribution >= 4 is 23.1 Å². The van der Waals surface area contributed by atoms with Crippen molar-refractivity contribution in [3.8, 4) is 0 Å². The predicted octanol–water partition coefficient (Wildman–Crippen LogP) is 1.08. The van der Waals surface area contributed by atoms with Gasteiger partial charge < -0.3 is 15.4 Å². The van der Waals surface area contributed by atoms with E-state index >= 15 is 0 Å². The lowest BCUT2D eigenvalue weighted by Gasteiger charge is -2.22. The van der Waals surface area contributed by atoms with Crippen molar-refractivity contribution < 1.29 is 9.53 Å². The fourth-order valence-electron chi connectivity index (χ4n) is 1.88. The second-order valence-electron chi connectivity index (χ2n) is 4.12. The van der Waals surface area contributed by atoms with Gasteiger partial charge in [0.1, 0.15) is 0 Å². The van der Waals surface area contributed by atoms with Crippen molar-refractivity contribution in [1.82, 2.24) is 4.90 Å². The molecule has 1 rings (SSSR count). The maximum atomic E-state index is 12.0. The summed E-state index contributed by atoms with van der Waals surface area (Å²) in [5.74, 6) is 0.0987.